The first-order chi connectivity index (χ1) is 12.2. The van der Waals surface area contributed by atoms with Crippen LogP contribution in [0.5, 0.6) is 0 Å². The highest BCUT2D eigenvalue weighted by Crippen LogP contribution is 2.26. The zero-order chi connectivity index (χ0) is 17.6. The van der Waals surface area contributed by atoms with Crippen LogP contribution in [0.25, 0.3) is 0 Å². The van der Waals surface area contributed by atoms with Crippen LogP contribution in [0.15, 0.2) is 30.6 Å². The summed E-state index contributed by atoms with van der Waals surface area (Å²) in [6.07, 6.45) is 6.23. The van der Waals surface area contributed by atoms with Gasteiger partial charge in [-0.3, -0.25) is 0 Å². The van der Waals surface area contributed by atoms with Crippen LogP contribution in [0, 0.1) is 11.2 Å². The zero-order valence-corrected chi connectivity index (χ0v) is 13.9. The summed E-state index contributed by atoms with van der Waals surface area (Å²) in [5, 5.41) is 10.8. The predicted octanol–water partition coefficient (Wildman–Crippen LogP) is 2.79. The van der Waals surface area contributed by atoms with E-state index in [1.807, 2.05) is 6.07 Å². The van der Waals surface area contributed by atoms with E-state index < -0.39 is 0 Å². The molecule has 0 saturated heterocycles. The van der Waals surface area contributed by atoms with Gasteiger partial charge in [0.2, 0.25) is 0 Å². The molecule has 0 radical (unpaired) electrons. The lowest BCUT2D eigenvalue weighted by molar-refractivity contribution is 0.0601. The Balaban J connectivity index is 1.47. The van der Waals surface area contributed by atoms with Gasteiger partial charge in [0.05, 0.1) is 18.3 Å². The first-order valence-corrected chi connectivity index (χ1v) is 8.39. The van der Waals surface area contributed by atoms with Gasteiger partial charge in [-0.1, -0.05) is 12.1 Å². The molecule has 1 heterocycles. The Kier molecular flexibility index (Phi) is 5.55. The fraction of sp³-hybridized carbons (Fsp3) is 0.389. The van der Waals surface area contributed by atoms with Crippen molar-refractivity contribution in [1.29, 1.82) is 5.41 Å². The summed E-state index contributed by atoms with van der Waals surface area (Å²) in [7, 11) is 0. The maximum absolute atomic E-state index is 13.2. The number of benzene rings is 1. The molecule has 1 fully saturated rings. The Morgan fingerprint density at radius 3 is 3.04 bits per heavy atom. The summed E-state index contributed by atoms with van der Waals surface area (Å²) in [4.78, 5) is 8.08. The van der Waals surface area contributed by atoms with Gasteiger partial charge in [-0.25, -0.2) is 14.4 Å². The van der Waals surface area contributed by atoms with Gasteiger partial charge in [-0.2, -0.15) is 0 Å². The Morgan fingerprint density at radius 2 is 2.24 bits per heavy atom. The van der Waals surface area contributed by atoms with Crippen LogP contribution in [0.4, 0.5) is 16.0 Å². The van der Waals surface area contributed by atoms with Gasteiger partial charge in [0.1, 0.15) is 23.8 Å². The molecule has 0 aliphatic heterocycles. The van der Waals surface area contributed by atoms with Crippen molar-refractivity contribution in [3.05, 3.63) is 47.5 Å². The van der Waals surface area contributed by atoms with Crippen LogP contribution < -0.4 is 11.1 Å². The van der Waals surface area contributed by atoms with Gasteiger partial charge in [0, 0.05) is 12.3 Å². The fourth-order valence-corrected chi connectivity index (χ4v) is 3.12. The number of rotatable bonds is 7. The number of nitrogens with two attached hydrogens (primary N) is 1. The Morgan fingerprint density at radius 1 is 1.36 bits per heavy atom. The number of anilines is 2. The van der Waals surface area contributed by atoms with Crippen LogP contribution in [-0.2, 0) is 11.2 Å². The van der Waals surface area contributed by atoms with Gasteiger partial charge in [0.25, 0.3) is 0 Å². The number of halogens is 1. The smallest absolute Gasteiger partial charge is 0.140 e. The molecule has 25 heavy (non-hydrogen) atoms. The second kappa shape index (κ2) is 8.02. The van der Waals surface area contributed by atoms with Crippen LogP contribution in [0.3, 0.4) is 0 Å². The molecule has 0 unspecified atom stereocenters. The lowest BCUT2D eigenvalue weighted by atomic mass is 10.1. The molecule has 2 atom stereocenters. The van der Waals surface area contributed by atoms with Gasteiger partial charge >= 0.3 is 0 Å². The summed E-state index contributed by atoms with van der Waals surface area (Å²) in [5.74, 6) is 0.676. The molecule has 1 saturated carbocycles. The average molecular weight is 343 g/mol. The highest BCUT2D eigenvalue weighted by Gasteiger charge is 2.26. The van der Waals surface area contributed by atoms with E-state index in [1.165, 1.54) is 18.6 Å². The van der Waals surface area contributed by atoms with Crippen LogP contribution in [0.1, 0.15) is 30.4 Å². The molecule has 1 aromatic heterocycles. The largest absolute Gasteiger partial charge is 0.383 e. The van der Waals surface area contributed by atoms with Crippen molar-refractivity contribution in [3.63, 3.8) is 0 Å². The molecule has 4 N–H and O–H groups in total. The van der Waals surface area contributed by atoms with E-state index in [0.29, 0.717) is 30.2 Å². The standard InChI is InChI=1S/C18H22FN5O/c19-13-3-1-2-12(8-13)6-7-25-15-5-4-14(9-15)24-18-16(10-20)17(21)22-11-23-18/h1-3,8,10-11,14-15,20H,4-7,9H2,(H3,21,22,23,24)/t14-,15-/m0/s1. The van der Waals surface area contributed by atoms with E-state index >= 15 is 0 Å². The molecule has 1 aliphatic carbocycles. The minimum absolute atomic E-state index is 0.175. The number of aromatic nitrogens is 2. The first kappa shape index (κ1) is 17.3. The summed E-state index contributed by atoms with van der Waals surface area (Å²) < 4.78 is 19.1. The summed E-state index contributed by atoms with van der Waals surface area (Å²) in [6.45, 7) is 0.576. The molecule has 2 aromatic rings. The summed E-state index contributed by atoms with van der Waals surface area (Å²) in [5.41, 5.74) is 7.23. The number of hydrogen-bond donors (Lipinski definition) is 3. The quantitative estimate of drug-likeness (QED) is 0.672. The van der Waals surface area contributed by atoms with E-state index in [1.54, 1.807) is 12.1 Å². The number of nitrogens with one attached hydrogen (secondary N) is 2. The van der Waals surface area contributed by atoms with Crippen molar-refractivity contribution < 1.29 is 9.13 Å². The monoisotopic (exact) mass is 343 g/mol. The third kappa shape index (κ3) is 4.51. The van der Waals surface area contributed by atoms with Crippen LogP contribution >= 0.6 is 0 Å². The van der Waals surface area contributed by atoms with Crippen LogP contribution in [-0.4, -0.2) is 34.9 Å². The second-order valence-electron chi connectivity index (χ2n) is 6.19. The summed E-state index contributed by atoms with van der Waals surface area (Å²) >= 11 is 0. The van der Waals surface area contributed by atoms with E-state index in [4.69, 9.17) is 15.9 Å². The van der Waals surface area contributed by atoms with Crippen molar-refractivity contribution in [2.45, 2.75) is 37.8 Å². The molecular formula is C18H22FN5O. The zero-order valence-electron chi connectivity index (χ0n) is 13.9. The minimum Gasteiger partial charge on any atom is -0.383 e. The second-order valence-corrected chi connectivity index (χ2v) is 6.19. The average Bonchev–Trinajstić information content (AvgIpc) is 3.03. The molecular weight excluding hydrogens is 321 g/mol. The van der Waals surface area contributed by atoms with E-state index in [2.05, 4.69) is 15.3 Å². The minimum atomic E-state index is -0.214. The van der Waals surface area contributed by atoms with Gasteiger partial charge in [-0.15, -0.1) is 0 Å². The van der Waals surface area contributed by atoms with Crippen molar-refractivity contribution in [3.8, 4) is 0 Å². The van der Waals surface area contributed by atoms with E-state index in [9.17, 15) is 4.39 Å². The normalized spacial score (nSPS) is 19.7. The van der Waals surface area contributed by atoms with Gasteiger partial charge < -0.3 is 21.2 Å². The molecule has 1 aromatic carbocycles. The Hall–Kier alpha value is -2.54. The number of nitrogen functional groups attached to an aromatic ring is 1. The van der Waals surface area contributed by atoms with Gasteiger partial charge in [0.15, 0.2) is 0 Å². The maximum atomic E-state index is 13.2. The van der Waals surface area contributed by atoms with Gasteiger partial charge in [-0.05, 0) is 43.4 Å². The molecule has 3 rings (SSSR count). The third-order valence-electron chi connectivity index (χ3n) is 4.42. The number of ether oxygens (including phenoxy) is 1. The van der Waals surface area contributed by atoms with Crippen LogP contribution in [0.2, 0.25) is 0 Å². The number of hydrogen-bond acceptors (Lipinski definition) is 6. The predicted molar refractivity (Wildman–Crippen MR) is 95.4 cm³/mol. The van der Waals surface area contributed by atoms with Crippen molar-refractivity contribution >= 4 is 17.9 Å². The van der Waals surface area contributed by atoms with Crippen molar-refractivity contribution in [2.75, 3.05) is 17.7 Å². The fourth-order valence-electron chi connectivity index (χ4n) is 3.12. The molecule has 1 aliphatic rings. The maximum Gasteiger partial charge on any atom is 0.140 e. The van der Waals surface area contributed by atoms with E-state index in [-0.39, 0.29) is 18.0 Å². The Labute approximate surface area is 146 Å². The molecule has 7 heteroatoms. The highest BCUT2D eigenvalue weighted by molar-refractivity contribution is 5.89. The Bertz CT molecular complexity index is 739. The van der Waals surface area contributed by atoms with Crippen molar-refractivity contribution in [2.24, 2.45) is 0 Å². The third-order valence-corrected chi connectivity index (χ3v) is 4.42. The molecule has 0 amide bonds. The van der Waals surface area contributed by atoms with E-state index in [0.717, 1.165) is 24.8 Å². The number of nitrogens with zero attached hydrogens (tertiary/aromatic N) is 2. The van der Waals surface area contributed by atoms with Crippen molar-refractivity contribution in [1.82, 2.24) is 9.97 Å². The molecule has 0 spiro atoms. The molecule has 132 valence electrons. The summed E-state index contributed by atoms with van der Waals surface area (Å²) in [6, 6.07) is 6.84. The first-order valence-electron chi connectivity index (χ1n) is 8.39. The lowest BCUT2D eigenvalue weighted by Crippen LogP contribution is -2.20. The molecule has 0 bridgehead atoms. The molecule has 6 nitrogen and oxygen atoms in total. The highest BCUT2D eigenvalue weighted by atomic mass is 19.1. The SMILES string of the molecule is N=Cc1c(N)ncnc1N[C@H]1CC[C@H](OCCc2cccc(F)c2)C1. The topological polar surface area (TPSA) is 96.9 Å². The lowest BCUT2D eigenvalue weighted by Gasteiger charge is -2.16.